The maximum Gasteiger partial charge on any atom is 0.179 e. The summed E-state index contributed by atoms with van der Waals surface area (Å²) in [4.78, 5) is 3.17. The summed E-state index contributed by atoms with van der Waals surface area (Å²) in [7, 11) is 0. The average molecular weight is 455 g/mol. The highest BCUT2D eigenvalue weighted by Gasteiger charge is 2.02. The van der Waals surface area contributed by atoms with Crippen molar-refractivity contribution < 1.29 is 0 Å². The number of rotatable bonds is 2. The van der Waals surface area contributed by atoms with E-state index in [1.54, 1.807) is 0 Å². The highest BCUT2D eigenvalue weighted by Crippen LogP contribution is 2.16. The lowest BCUT2D eigenvalue weighted by Crippen LogP contribution is -1.83. The lowest BCUT2D eigenvalue weighted by atomic mass is 10.1. The van der Waals surface area contributed by atoms with Gasteiger partial charge in [-0.15, -0.1) is 16.6 Å². The quantitative estimate of drug-likeness (QED) is 0.343. The van der Waals surface area contributed by atoms with Crippen LogP contribution in [0.2, 0.25) is 0 Å². The first-order valence-electron chi connectivity index (χ1n) is 10.5. The SMILES string of the molecule is C#Cc1cccc(-c2nnn[nH]2)c1.C(#Cc1ccc2[nH]ccc2c1)c1cccc(-c2nnn[nH]2)c1. The van der Waals surface area contributed by atoms with Crippen LogP contribution in [0, 0.1) is 24.2 Å². The number of benzene rings is 3. The molecule has 0 saturated heterocycles. The van der Waals surface area contributed by atoms with Crippen LogP contribution >= 0.6 is 0 Å². The van der Waals surface area contributed by atoms with Gasteiger partial charge in [-0.3, -0.25) is 0 Å². The number of tetrazole rings is 2. The number of hydrogen-bond donors (Lipinski definition) is 3. The Labute approximate surface area is 200 Å². The molecule has 3 N–H and O–H groups in total. The first-order chi connectivity index (χ1) is 17.3. The van der Waals surface area contributed by atoms with E-state index in [1.165, 1.54) is 0 Å². The van der Waals surface area contributed by atoms with Gasteiger partial charge in [-0.1, -0.05) is 42.0 Å². The minimum atomic E-state index is 0.622. The number of H-pyrrole nitrogens is 3. The molecule has 9 heteroatoms. The van der Waals surface area contributed by atoms with Crippen molar-refractivity contribution >= 4 is 10.9 Å². The lowest BCUT2D eigenvalue weighted by Gasteiger charge is -1.96. The number of fused-ring (bicyclic) bond motifs is 1. The Morgan fingerprint density at radius 3 is 1.91 bits per heavy atom. The average Bonchev–Trinajstić information content (AvgIpc) is 3.71. The standard InChI is InChI=1S/C17H11N5.C9H6N4/c1-2-12(11-15(3-1)17-19-21-22-20-17)4-5-13-6-7-16-14(10-13)8-9-18-16;1-2-7-4-3-5-8(6-7)9-10-12-13-11-9/h1-3,6-11,18H,(H,19,20,21,22);1,3-6H,(H,10,11,12,13). The molecular weight excluding hydrogens is 438 g/mol. The van der Waals surface area contributed by atoms with Gasteiger partial charge in [0.1, 0.15) is 0 Å². The predicted octanol–water partition coefficient (Wildman–Crippen LogP) is 3.60. The number of hydrogen-bond acceptors (Lipinski definition) is 6. The van der Waals surface area contributed by atoms with Gasteiger partial charge >= 0.3 is 0 Å². The molecule has 166 valence electrons. The summed E-state index contributed by atoms with van der Waals surface area (Å²) >= 11 is 0. The highest BCUT2D eigenvalue weighted by atomic mass is 15.5. The molecule has 0 fully saturated rings. The summed E-state index contributed by atoms with van der Waals surface area (Å²) in [6, 6.07) is 23.4. The molecule has 6 rings (SSSR count). The predicted molar refractivity (Wildman–Crippen MR) is 131 cm³/mol. The van der Waals surface area contributed by atoms with Crippen LogP contribution in [0.25, 0.3) is 33.7 Å². The van der Waals surface area contributed by atoms with E-state index in [1.807, 2.05) is 72.9 Å². The number of nitrogens with one attached hydrogen (secondary N) is 3. The largest absolute Gasteiger partial charge is 0.361 e. The Bertz CT molecular complexity index is 1660. The Morgan fingerprint density at radius 2 is 1.29 bits per heavy atom. The van der Waals surface area contributed by atoms with Crippen molar-refractivity contribution in [2.45, 2.75) is 0 Å². The van der Waals surface area contributed by atoms with Gasteiger partial charge in [0.2, 0.25) is 0 Å². The number of terminal acetylenes is 1. The molecule has 0 saturated carbocycles. The molecule has 0 atom stereocenters. The zero-order valence-corrected chi connectivity index (χ0v) is 18.3. The van der Waals surface area contributed by atoms with Gasteiger partial charge in [-0.05, 0) is 69.4 Å². The van der Waals surface area contributed by atoms with Gasteiger partial charge in [0.25, 0.3) is 0 Å². The summed E-state index contributed by atoms with van der Waals surface area (Å²) < 4.78 is 0. The number of aromatic amines is 3. The van der Waals surface area contributed by atoms with E-state index in [-0.39, 0.29) is 0 Å². The molecule has 9 nitrogen and oxygen atoms in total. The first-order valence-corrected chi connectivity index (χ1v) is 10.5. The van der Waals surface area contributed by atoms with E-state index in [0.717, 1.165) is 38.7 Å². The molecule has 0 aliphatic heterocycles. The molecule has 0 bridgehead atoms. The zero-order chi connectivity index (χ0) is 23.9. The van der Waals surface area contributed by atoms with Crippen LogP contribution in [-0.4, -0.2) is 46.2 Å². The van der Waals surface area contributed by atoms with Crippen LogP contribution < -0.4 is 0 Å². The summed E-state index contributed by atoms with van der Waals surface area (Å²) in [5.41, 5.74) is 5.64. The summed E-state index contributed by atoms with van der Waals surface area (Å²) in [6.07, 6.45) is 7.19. The fourth-order valence-electron chi connectivity index (χ4n) is 3.34. The maximum absolute atomic E-state index is 5.26. The fraction of sp³-hybridized carbons (Fsp3) is 0. The number of nitrogens with zero attached hydrogens (tertiary/aromatic N) is 6. The molecule has 35 heavy (non-hydrogen) atoms. The van der Waals surface area contributed by atoms with E-state index in [0.29, 0.717) is 11.6 Å². The van der Waals surface area contributed by atoms with E-state index >= 15 is 0 Å². The summed E-state index contributed by atoms with van der Waals surface area (Å²) in [6.45, 7) is 0. The van der Waals surface area contributed by atoms with E-state index in [9.17, 15) is 0 Å². The van der Waals surface area contributed by atoms with Crippen molar-refractivity contribution in [3.05, 3.63) is 95.7 Å². The lowest BCUT2D eigenvalue weighted by molar-refractivity contribution is 0.881. The van der Waals surface area contributed by atoms with Crippen molar-refractivity contribution in [1.82, 2.24) is 46.2 Å². The van der Waals surface area contributed by atoms with Crippen LogP contribution in [0.4, 0.5) is 0 Å². The Hall–Kier alpha value is -5.54. The monoisotopic (exact) mass is 455 g/mol. The van der Waals surface area contributed by atoms with Crippen LogP contribution in [0.1, 0.15) is 16.7 Å². The van der Waals surface area contributed by atoms with Crippen LogP contribution in [0.3, 0.4) is 0 Å². The van der Waals surface area contributed by atoms with Gasteiger partial charge in [0.15, 0.2) is 11.6 Å². The topological polar surface area (TPSA) is 125 Å². The van der Waals surface area contributed by atoms with Gasteiger partial charge < -0.3 is 4.98 Å². The van der Waals surface area contributed by atoms with Crippen molar-refractivity contribution in [3.63, 3.8) is 0 Å². The Kier molecular flexibility index (Phi) is 6.05. The molecule has 3 aromatic heterocycles. The van der Waals surface area contributed by atoms with Gasteiger partial charge in [0.05, 0.1) is 0 Å². The third-order valence-corrected chi connectivity index (χ3v) is 5.03. The Morgan fingerprint density at radius 1 is 0.657 bits per heavy atom. The molecule has 3 heterocycles. The molecular formula is C26H17N9. The normalized spacial score (nSPS) is 10.0. The second-order valence-corrected chi connectivity index (χ2v) is 7.34. The molecule has 0 aliphatic rings. The van der Waals surface area contributed by atoms with Crippen molar-refractivity contribution in [2.75, 3.05) is 0 Å². The minimum absolute atomic E-state index is 0.622. The Balaban J connectivity index is 0.000000166. The smallest absolute Gasteiger partial charge is 0.179 e. The fourth-order valence-corrected chi connectivity index (χ4v) is 3.34. The molecule has 0 unspecified atom stereocenters. The molecule has 0 spiro atoms. The second-order valence-electron chi connectivity index (χ2n) is 7.34. The summed E-state index contributed by atoms with van der Waals surface area (Å²) in [5.74, 6) is 10.2. The third kappa shape index (κ3) is 5.11. The van der Waals surface area contributed by atoms with Gasteiger partial charge in [-0.25, -0.2) is 10.2 Å². The van der Waals surface area contributed by atoms with Crippen molar-refractivity contribution in [2.24, 2.45) is 0 Å². The van der Waals surface area contributed by atoms with Crippen LogP contribution in [0.5, 0.6) is 0 Å². The minimum Gasteiger partial charge on any atom is -0.361 e. The van der Waals surface area contributed by atoms with E-state index in [4.69, 9.17) is 6.42 Å². The number of aromatic nitrogens is 9. The molecule has 6 aromatic rings. The van der Waals surface area contributed by atoms with Crippen molar-refractivity contribution in [3.8, 4) is 47.0 Å². The molecule has 0 radical (unpaired) electrons. The van der Waals surface area contributed by atoms with Gasteiger partial charge in [-0.2, -0.15) is 0 Å². The van der Waals surface area contributed by atoms with Crippen molar-refractivity contribution in [1.29, 1.82) is 0 Å². The van der Waals surface area contributed by atoms with Crippen LogP contribution in [-0.2, 0) is 0 Å². The second kappa shape index (κ2) is 9.94. The van der Waals surface area contributed by atoms with Crippen LogP contribution in [0.15, 0.2) is 79.0 Å². The van der Waals surface area contributed by atoms with E-state index in [2.05, 4.69) is 70.1 Å². The molecule has 3 aromatic carbocycles. The zero-order valence-electron chi connectivity index (χ0n) is 18.3. The summed E-state index contributed by atoms with van der Waals surface area (Å²) in [5, 5.41) is 28.4. The maximum atomic E-state index is 5.26. The molecule has 0 aliphatic carbocycles. The highest BCUT2D eigenvalue weighted by molar-refractivity contribution is 5.80. The third-order valence-electron chi connectivity index (χ3n) is 5.03. The first kappa shape index (κ1) is 21.3. The van der Waals surface area contributed by atoms with Gasteiger partial charge in [0, 0.05) is 44.9 Å². The molecule has 0 amide bonds. The van der Waals surface area contributed by atoms with E-state index < -0.39 is 0 Å².